The molecule has 0 saturated carbocycles. The Labute approximate surface area is 126 Å². The number of halogens is 4. The van der Waals surface area contributed by atoms with Crippen molar-refractivity contribution in [2.75, 3.05) is 13.1 Å². The Morgan fingerprint density at radius 2 is 2.09 bits per heavy atom. The number of rotatable bonds is 2. The number of carbonyl (C=O) groups is 1. The van der Waals surface area contributed by atoms with Gasteiger partial charge in [0.05, 0.1) is 11.1 Å². The van der Waals surface area contributed by atoms with E-state index in [4.69, 9.17) is 5.73 Å². The summed E-state index contributed by atoms with van der Waals surface area (Å²) >= 11 is 0. The van der Waals surface area contributed by atoms with Crippen LogP contribution in [0.15, 0.2) is 18.2 Å². The highest BCUT2D eigenvalue weighted by atomic mass is 19.4. The van der Waals surface area contributed by atoms with Crippen molar-refractivity contribution in [3.05, 3.63) is 35.1 Å². The number of benzene rings is 1. The summed E-state index contributed by atoms with van der Waals surface area (Å²) in [6, 6.07) is 1.61. The molecule has 0 bridgehead atoms. The van der Waals surface area contributed by atoms with E-state index in [1.165, 1.54) is 4.90 Å². The Kier molecular flexibility index (Phi) is 4.75. The highest BCUT2D eigenvalue weighted by Crippen LogP contribution is 2.31. The van der Waals surface area contributed by atoms with Crippen molar-refractivity contribution in [3.63, 3.8) is 0 Å². The minimum absolute atomic E-state index is 0.205. The maximum absolute atomic E-state index is 13.8. The van der Waals surface area contributed by atoms with Gasteiger partial charge in [-0.05, 0) is 37.0 Å². The van der Waals surface area contributed by atoms with Gasteiger partial charge in [-0.15, -0.1) is 0 Å². The van der Waals surface area contributed by atoms with Crippen molar-refractivity contribution in [2.24, 2.45) is 11.7 Å². The zero-order valence-corrected chi connectivity index (χ0v) is 12.2. The molecule has 7 heteroatoms. The number of alkyl halides is 3. The van der Waals surface area contributed by atoms with Crippen molar-refractivity contribution < 1.29 is 22.4 Å². The van der Waals surface area contributed by atoms with E-state index in [2.05, 4.69) is 0 Å². The second kappa shape index (κ2) is 6.24. The van der Waals surface area contributed by atoms with Crippen LogP contribution in [0.3, 0.4) is 0 Å². The van der Waals surface area contributed by atoms with Crippen molar-refractivity contribution >= 4 is 5.91 Å². The Bertz CT molecular complexity index is 559. The molecule has 0 aromatic heterocycles. The van der Waals surface area contributed by atoms with Crippen molar-refractivity contribution in [3.8, 4) is 0 Å². The molecule has 1 aliphatic rings. The minimum atomic E-state index is -4.62. The first-order chi connectivity index (χ1) is 10.2. The van der Waals surface area contributed by atoms with E-state index in [0.717, 1.165) is 6.42 Å². The maximum Gasteiger partial charge on any atom is 0.416 e. The van der Waals surface area contributed by atoms with Gasteiger partial charge in [-0.3, -0.25) is 4.79 Å². The van der Waals surface area contributed by atoms with E-state index >= 15 is 0 Å². The molecule has 22 heavy (non-hydrogen) atoms. The van der Waals surface area contributed by atoms with E-state index < -0.39 is 29.0 Å². The molecule has 2 atom stereocenters. The number of hydrogen-bond donors (Lipinski definition) is 1. The Balaban J connectivity index is 2.32. The van der Waals surface area contributed by atoms with E-state index in [9.17, 15) is 22.4 Å². The standard InChI is InChI=1S/C15H18F4N2O/c1-9-4-5-21(11(6-9)8-20)14(22)12-7-10(15(17,18)19)2-3-13(12)16/h2-3,7,9,11H,4-6,8,20H2,1H3. The summed E-state index contributed by atoms with van der Waals surface area (Å²) in [5.74, 6) is -1.30. The normalized spacial score (nSPS) is 22.7. The van der Waals surface area contributed by atoms with Gasteiger partial charge < -0.3 is 10.6 Å². The molecule has 122 valence electrons. The lowest BCUT2D eigenvalue weighted by molar-refractivity contribution is -0.137. The summed E-state index contributed by atoms with van der Waals surface area (Å²) in [6.07, 6.45) is -3.22. The van der Waals surface area contributed by atoms with Crippen LogP contribution in [0, 0.1) is 11.7 Å². The predicted molar refractivity (Wildman–Crippen MR) is 73.7 cm³/mol. The van der Waals surface area contributed by atoms with Gasteiger partial charge in [0.1, 0.15) is 5.82 Å². The second-order valence-electron chi connectivity index (χ2n) is 5.71. The molecule has 3 nitrogen and oxygen atoms in total. The van der Waals surface area contributed by atoms with Gasteiger partial charge in [0.25, 0.3) is 5.91 Å². The van der Waals surface area contributed by atoms with Gasteiger partial charge >= 0.3 is 6.18 Å². The zero-order chi connectivity index (χ0) is 16.5. The number of nitrogens with zero attached hydrogens (tertiary/aromatic N) is 1. The van der Waals surface area contributed by atoms with Gasteiger partial charge in [-0.25, -0.2) is 4.39 Å². The molecule has 1 heterocycles. The van der Waals surface area contributed by atoms with Crippen LogP contribution in [0.2, 0.25) is 0 Å². The first-order valence-electron chi connectivity index (χ1n) is 7.11. The monoisotopic (exact) mass is 318 g/mol. The quantitative estimate of drug-likeness (QED) is 0.852. The van der Waals surface area contributed by atoms with Gasteiger partial charge in [-0.1, -0.05) is 6.92 Å². The predicted octanol–water partition coefficient (Wildman–Crippen LogP) is 3.04. The summed E-state index contributed by atoms with van der Waals surface area (Å²) in [5, 5.41) is 0. The van der Waals surface area contributed by atoms with Crippen molar-refractivity contribution in [1.29, 1.82) is 0 Å². The lowest BCUT2D eigenvalue weighted by Gasteiger charge is -2.38. The van der Waals surface area contributed by atoms with Crippen LogP contribution in [-0.2, 0) is 6.18 Å². The molecule has 0 spiro atoms. The molecule has 1 amide bonds. The third kappa shape index (κ3) is 3.40. The molecular weight excluding hydrogens is 300 g/mol. The van der Waals surface area contributed by atoms with E-state index in [1.54, 1.807) is 0 Å². The third-order valence-electron chi connectivity index (χ3n) is 4.04. The molecule has 2 N–H and O–H groups in total. The molecule has 2 rings (SSSR count). The van der Waals surface area contributed by atoms with Crippen molar-refractivity contribution in [2.45, 2.75) is 32.0 Å². The number of likely N-dealkylation sites (tertiary alicyclic amines) is 1. The summed E-state index contributed by atoms with van der Waals surface area (Å²) in [7, 11) is 0. The molecule has 2 unspecified atom stereocenters. The summed E-state index contributed by atoms with van der Waals surface area (Å²) in [4.78, 5) is 13.8. The van der Waals surface area contributed by atoms with Crippen LogP contribution in [0.25, 0.3) is 0 Å². The topological polar surface area (TPSA) is 46.3 Å². The number of hydrogen-bond acceptors (Lipinski definition) is 2. The molecule has 1 aliphatic heterocycles. The Morgan fingerprint density at radius 3 is 2.68 bits per heavy atom. The molecular formula is C15H18F4N2O. The van der Waals surface area contributed by atoms with Crippen LogP contribution in [0.5, 0.6) is 0 Å². The van der Waals surface area contributed by atoms with Crippen LogP contribution < -0.4 is 5.73 Å². The lowest BCUT2D eigenvalue weighted by Crippen LogP contribution is -2.49. The minimum Gasteiger partial charge on any atom is -0.334 e. The number of carbonyl (C=O) groups excluding carboxylic acids is 1. The number of nitrogens with two attached hydrogens (primary N) is 1. The third-order valence-corrected chi connectivity index (χ3v) is 4.04. The first kappa shape index (κ1) is 16.7. The van der Waals surface area contributed by atoms with Gasteiger partial charge in [-0.2, -0.15) is 13.2 Å². The van der Waals surface area contributed by atoms with Crippen LogP contribution in [-0.4, -0.2) is 29.9 Å². The average molecular weight is 318 g/mol. The maximum atomic E-state index is 13.8. The van der Waals surface area contributed by atoms with Gasteiger partial charge in [0, 0.05) is 19.1 Å². The fourth-order valence-electron chi connectivity index (χ4n) is 2.76. The van der Waals surface area contributed by atoms with E-state index in [0.29, 0.717) is 37.1 Å². The van der Waals surface area contributed by atoms with E-state index in [1.807, 2.05) is 6.92 Å². The lowest BCUT2D eigenvalue weighted by atomic mass is 9.91. The molecule has 1 aromatic carbocycles. The average Bonchev–Trinajstić information content (AvgIpc) is 2.45. The van der Waals surface area contributed by atoms with Crippen molar-refractivity contribution in [1.82, 2.24) is 4.90 Å². The molecule has 1 aromatic rings. The molecule has 1 fully saturated rings. The number of piperidine rings is 1. The van der Waals surface area contributed by atoms with Gasteiger partial charge in [0.15, 0.2) is 0 Å². The largest absolute Gasteiger partial charge is 0.416 e. The number of amides is 1. The van der Waals surface area contributed by atoms with Crippen LogP contribution in [0.4, 0.5) is 17.6 Å². The Hall–Kier alpha value is -1.63. The molecule has 0 aliphatic carbocycles. The highest BCUT2D eigenvalue weighted by molar-refractivity contribution is 5.95. The Morgan fingerprint density at radius 1 is 1.41 bits per heavy atom. The van der Waals surface area contributed by atoms with Gasteiger partial charge in [0.2, 0.25) is 0 Å². The molecule has 0 radical (unpaired) electrons. The fraction of sp³-hybridized carbons (Fsp3) is 0.533. The summed E-state index contributed by atoms with van der Waals surface area (Å²) in [6.45, 7) is 2.60. The first-order valence-corrected chi connectivity index (χ1v) is 7.11. The second-order valence-corrected chi connectivity index (χ2v) is 5.71. The smallest absolute Gasteiger partial charge is 0.334 e. The van der Waals surface area contributed by atoms with Crippen LogP contribution in [0.1, 0.15) is 35.7 Å². The molecule has 1 saturated heterocycles. The van der Waals surface area contributed by atoms with Crippen LogP contribution >= 0.6 is 0 Å². The SMILES string of the molecule is CC1CCN(C(=O)c2cc(C(F)(F)F)ccc2F)C(CN)C1. The zero-order valence-electron chi connectivity index (χ0n) is 12.2. The summed E-state index contributed by atoms with van der Waals surface area (Å²) < 4.78 is 52.0. The summed E-state index contributed by atoms with van der Waals surface area (Å²) in [5.41, 5.74) is 4.05. The highest BCUT2D eigenvalue weighted by Gasteiger charge is 2.34. The fourth-order valence-corrected chi connectivity index (χ4v) is 2.76. The van der Waals surface area contributed by atoms with E-state index in [-0.39, 0.29) is 12.6 Å².